The van der Waals surface area contributed by atoms with Crippen LogP contribution in [0.1, 0.15) is 32.6 Å². The van der Waals surface area contributed by atoms with Crippen molar-refractivity contribution in [3.63, 3.8) is 0 Å². The Morgan fingerprint density at radius 2 is 1.89 bits per heavy atom. The van der Waals surface area contributed by atoms with Gasteiger partial charge >= 0.3 is 5.97 Å². The first-order valence-electron chi connectivity index (χ1n) is 7.30. The smallest absolute Gasteiger partial charge is 0.317 e. The Labute approximate surface area is 110 Å². The standard InChI is InChI=1S/C14H26N2O2/c1-12-4-7-15(8-5-12)9-13-3-2-6-16(10-13)11-14(17)18/h12-13H,2-11H2,1H3,(H,17,18). The molecule has 2 heterocycles. The number of aliphatic carboxylic acids is 1. The average molecular weight is 254 g/mol. The molecule has 1 atom stereocenters. The minimum Gasteiger partial charge on any atom is -0.480 e. The summed E-state index contributed by atoms with van der Waals surface area (Å²) in [5.74, 6) is 0.866. The predicted octanol–water partition coefficient (Wildman–Crippen LogP) is 1.51. The van der Waals surface area contributed by atoms with Crippen LogP contribution in [-0.2, 0) is 4.79 Å². The highest BCUT2D eigenvalue weighted by atomic mass is 16.4. The molecule has 4 heteroatoms. The number of carboxylic acid groups (broad SMARTS) is 1. The number of hydrogen-bond acceptors (Lipinski definition) is 3. The van der Waals surface area contributed by atoms with E-state index >= 15 is 0 Å². The second-order valence-electron chi connectivity index (χ2n) is 6.12. The maximum Gasteiger partial charge on any atom is 0.317 e. The van der Waals surface area contributed by atoms with Crippen LogP contribution in [0.5, 0.6) is 0 Å². The van der Waals surface area contributed by atoms with E-state index in [9.17, 15) is 4.79 Å². The predicted molar refractivity (Wildman–Crippen MR) is 71.6 cm³/mol. The summed E-state index contributed by atoms with van der Waals surface area (Å²) in [5.41, 5.74) is 0. The lowest BCUT2D eigenvalue weighted by Gasteiger charge is -2.37. The van der Waals surface area contributed by atoms with E-state index in [-0.39, 0.29) is 6.54 Å². The molecule has 2 fully saturated rings. The molecule has 2 aliphatic heterocycles. The molecule has 0 spiro atoms. The number of likely N-dealkylation sites (tertiary alicyclic amines) is 2. The zero-order valence-corrected chi connectivity index (χ0v) is 11.5. The monoisotopic (exact) mass is 254 g/mol. The van der Waals surface area contributed by atoms with Crippen molar-refractivity contribution in [1.29, 1.82) is 0 Å². The minimum absolute atomic E-state index is 0.216. The highest BCUT2D eigenvalue weighted by Gasteiger charge is 2.24. The van der Waals surface area contributed by atoms with Gasteiger partial charge in [-0.2, -0.15) is 0 Å². The van der Waals surface area contributed by atoms with Crippen molar-refractivity contribution in [3.05, 3.63) is 0 Å². The molecule has 0 bridgehead atoms. The summed E-state index contributed by atoms with van der Waals surface area (Å²) >= 11 is 0. The van der Waals surface area contributed by atoms with Gasteiger partial charge in [-0.15, -0.1) is 0 Å². The van der Waals surface area contributed by atoms with Gasteiger partial charge in [-0.05, 0) is 57.2 Å². The van der Waals surface area contributed by atoms with E-state index in [1.165, 1.54) is 38.9 Å². The topological polar surface area (TPSA) is 43.8 Å². The van der Waals surface area contributed by atoms with Crippen molar-refractivity contribution in [1.82, 2.24) is 9.80 Å². The number of carboxylic acids is 1. The largest absolute Gasteiger partial charge is 0.480 e. The number of carbonyl (C=O) groups is 1. The lowest BCUT2D eigenvalue weighted by atomic mass is 9.94. The van der Waals surface area contributed by atoms with Gasteiger partial charge < -0.3 is 10.0 Å². The molecule has 0 saturated carbocycles. The Hall–Kier alpha value is -0.610. The third kappa shape index (κ3) is 4.25. The quantitative estimate of drug-likeness (QED) is 0.826. The van der Waals surface area contributed by atoms with Crippen LogP contribution in [0.25, 0.3) is 0 Å². The molecule has 1 N–H and O–H groups in total. The highest BCUT2D eigenvalue weighted by molar-refractivity contribution is 5.69. The van der Waals surface area contributed by atoms with E-state index in [0.717, 1.165) is 25.4 Å². The third-order valence-electron chi connectivity index (χ3n) is 4.35. The zero-order valence-electron chi connectivity index (χ0n) is 11.5. The SMILES string of the molecule is CC1CCN(CC2CCCN(CC(=O)O)C2)CC1. The van der Waals surface area contributed by atoms with Crippen LogP contribution in [0.15, 0.2) is 0 Å². The summed E-state index contributed by atoms with van der Waals surface area (Å²) in [6.07, 6.45) is 5.07. The normalized spacial score (nSPS) is 28.4. The van der Waals surface area contributed by atoms with Gasteiger partial charge in [0, 0.05) is 13.1 Å². The van der Waals surface area contributed by atoms with Gasteiger partial charge in [0.25, 0.3) is 0 Å². The molecule has 2 aliphatic rings. The van der Waals surface area contributed by atoms with Gasteiger partial charge in [-0.3, -0.25) is 9.69 Å². The van der Waals surface area contributed by atoms with Crippen molar-refractivity contribution in [2.75, 3.05) is 39.3 Å². The summed E-state index contributed by atoms with van der Waals surface area (Å²) < 4.78 is 0. The Morgan fingerprint density at radius 3 is 2.56 bits per heavy atom. The third-order valence-corrected chi connectivity index (χ3v) is 4.35. The molecular weight excluding hydrogens is 228 g/mol. The van der Waals surface area contributed by atoms with Crippen LogP contribution in [0.2, 0.25) is 0 Å². The summed E-state index contributed by atoms with van der Waals surface area (Å²) in [5, 5.41) is 8.85. The van der Waals surface area contributed by atoms with Crippen LogP contribution in [0, 0.1) is 11.8 Å². The van der Waals surface area contributed by atoms with Gasteiger partial charge in [0.1, 0.15) is 0 Å². The fourth-order valence-corrected chi connectivity index (χ4v) is 3.24. The van der Waals surface area contributed by atoms with Gasteiger partial charge in [0.15, 0.2) is 0 Å². The Bertz CT molecular complexity index is 275. The molecule has 0 aliphatic carbocycles. The van der Waals surface area contributed by atoms with Crippen molar-refractivity contribution >= 4 is 5.97 Å². The van der Waals surface area contributed by atoms with E-state index < -0.39 is 5.97 Å². The number of hydrogen-bond donors (Lipinski definition) is 1. The summed E-state index contributed by atoms with van der Waals surface area (Å²) in [7, 11) is 0. The Morgan fingerprint density at radius 1 is 1.17 bits per heavy atom. The van der Waals surface area contributed by atoms with E-state index in [2.05, 4.69) is 16.7 Å². The molecular formula is C14H26N2O2. The van der Waals surface area contributed by atoms with Crippen molar-refractivity contribution < 1.29 is 9.90 Å². The molecule has 0 radical (unpaired) electrons. The maximum absolute atomic E-state index is 10.7. The maximum atomic E-state index is 10.7. The van der Waals surface area contributed by atoms with Gasteiger partial charge in [0.2, 0.25) is 0 Å². The first-order chi connectivity index (χ1) is 8.63. The highest BCUT2D eigenvalue weighted by Crippen LogP contribution is 2.21. The number of rotatable bonds is 4. The van der Waals surface area contributed by atoms with E-state index in [1.54, 1.807) is 0 Å². The molecule has 0 amide bonds. The molecule has 0 aromatic carbocycles. The van der Waals surface area contributed by atoms with Crippen molar-refractivity contribution in [2.45, 2.75) is 32.6 Å². The van der Waals surface area contributed by atoms with Gasteiger partial charge in [-0.25, -0.2) is 0 Å². The lowest BCUT2D eigenvalue weighted by Crippen LogP contribution is -2.44. The number of nitrogens with zero attached hydrogens (tertiary/aromatic N) is 2. The van der Waals surface area contributed by atoms with Gasteiger partial charge in [0.05, 0.1) is 6.54 Å². The van der Waals surface area contributed by atoms with E-state index in [4.69, 9.17) is 5.11 Å². The first-order valence-corrected chi connectivity index (χ1v) is 7.30. The fraction of sp³-hybridized carbons (Fsp3) is 0.929. The molecule has 18 heavy (non-hydrogen) atoms. The second kappa shape index (κ2) is 6.53. The van der Waals surface area contributed by atoms with Crippen molar-refractivity contribution in [2.24, 2.45) is 11.8 Å². The molecule has 2 rings (SSSR count). The molecule has 4 nitrogen and oxygen atoms in total. The molecule has 2 saturated heterocycles. The van der Waals surface area contributed by atoms with Crippen LogP contribution in [-0.4, -0.2) is 60.1 Å². The fourth-order valence-electron chi connectivity index (χ4n) is 3.24. The summed E-state index contributed by atoms with van der Waals surface area (Å²) in [6.45, 7) is 8.12. The van der Waals surface area contributed by atoms with Crippen molar-refractivity contribution in [3.8, 4) is 0 Å². The zero-order chi connectivity index (χ0) is 13.0. The van der Waals surface area contributed by atoms with E-state index in [0.29, 0.717) is 5.92 Å². The van der Waals surface area contributed by atoms with Crippen LogP contribution in [0.4, 0.5) is 0 Å². The summed E-state index contributed by atoms with van der Waals surface area (Å²) in [4.78, 5) is 15.4. The van der Waals surface area contributed by atoms with E-state index in [1.807, 2.05) is 0 Å². The average Bonchev–Trinajstić information content (AvgIpc) is 2.32. The van der Waals surface area contributed by atoms with Crippen LogP contribution in [0.3, 0.4) is 0 Å². The minimum atomic E-state index is -0.692. The molecule has 0 aromatic rings. The van der Waals surface area contributed by atoms with Gasteiger partial charge in [-0.1, -0.05) is 6.92 Å². The lowest BCUT2D eigenvalue weighted by molar-refractivity contribution is -0.138. The molecule has 0 aromatic heterocycles. The van der Waals surface area contributed by atoms with Crippen LogP contribution >= 0.6 is 0 Å². The second-order valence-corrected chi connectivity index (χ2v) is 6.12. The summed E-state index contributed by atoms with van der Waals surface area (Å²) in [6, 6.07) is 0. The Balaban J connectivity index is 1.73. The molecule has 1 unspecified atom stereocenters. The first kappa shape index (κ1) is 13.8. The van der Waals surface area contributed by atoms with Crippen LogP contribution < -0.4 is 0 Å². The number of piperidine rings is 2. The molecule has 104 valence electrons. The Kier molecular flexibility index (Phi) is 5.01.